The van der Waals surface area contributed by atoms with Gasteiger partial charge in [0.2, 0.25) is 0 Å². The zero-order chi connectivity index (χ0) is 28.1. The van der Waals surface area contributed by atoms with E-state index in [9.17, 15) is 19.2 Å². The molecular weight excluding hydrogens is 516 g/mol. The standard InChI is InChI=1S/C29H30N4O5S/c1-5-9-20-16-23(34)33-24(26(35)30-21-12-8-11-19(15-21)28(37)38-14-6-2)25(39-29(33)31-20)27(36)32-22-13-7-10-17(3)18(22)4/h7-8,10-13,15-16H,5-6,9,14H2,1-4H3,(H,30,35)(H,32,36). The lowest BCUT2D eigenvalue weighted by Crippen LogP contribution is -2.25. The van der Waals surface area contributed by atoms with Crippen LogP contribution in [0.1, 0.15) is 74.0 Å². The van der Waals surface area contributed by atoms with E-state index >= 15 is 0 Å². The molecule has 0 fully saturated rings. The molecule has 0 saturated carbocycles. The van der Waals surface area contributed by atoms with E-state index in [-0.39, 0.29) is 27.7 Å². The SMILES string of the molecule is CCCOC(=O)c1cccc(NC(=O)c2c(C(=O)Nc3cccc(C)c3C)sc3nc(CCC)cc(=O)n23)c1. The number of carbonyl (C=O) groups is 3. The third kappa shape index (κ3) is 6.06. The minimum absolute atomic E-state index is 0.0464. The fourth-order valence-corrected chi connectivity index (χ4v) is 5.07. The van der Waals surface area contributed by atoms with Gasteiger partial charge in [-0.05, 0) is 62.1 Å². The van der Waals surface area contributed by atoms with Crippen LogP contribution in [0.3, 0.4) is 0 Å². The molecular formula is C29H30N4O5S. The molecule has 0 unspecified atom stereocenters. The number of esters is 1. The third-order valence-electron chi connectivity index (χ3n) is 6.15. The zero-order valence-corrected chi connectivity index (χ0v) is 23.1. The van der Waals surface area contributed by atoms with Crippen molar-refractivity contribution in [1.82, 2.24) is 9.38 Å². The van der Waals surface area contributed by atoms with Crippen LogP contribution in [0.25, 0.3) is 4.96 Å². The maximum absolute atomic E-state index is 13.6. The highest BCUT2D eigenvalue weighted by Gasteiger charge is 2.27. The van der Waals surface area contributed by atoms with E-state index in [0.717, 1.165) is 33.3 Å². The summed E-state index contributed by atoms with van der Waals surface area (Å²) in [5, 5.41) is 5.60. The van der Waals surface area contributed by atoms with Crippen LogP contribution in [0.15, 0.2) is 53.3 Å². The Morgan fingerprint density at radius 1 is 0.974 bits per heavy atom. The molecule has 2 N–H and O–H groups in total. The van der Waals surface area contributed by atoms with Gasteiger partial charge in [0.15, 0.2) is 4.96 Å². The van der Waals surface area contributed by atoms with Gasteiger partial charge in [0, 0.05) is 23.1 Å². The monoisotopic (exact) mass is 546 g/mol. The molecule has 0 aliphatic heterocycles. The van der Waals surface area contributed by atoms with Gasteiger partial charge >= 0.3 is 5.97 Å². The highest BCUT2D eigenvalue weighted by atomic mass is 32.1. The van der Waals surface area contributed by atoms with Gasteiger partial charge < -0.3 is 15.4 Å². The first-order valence-electron chi connectivity index (χ1n) is 12.7. The Kier molecular flexibility index (Phi) is 8.55. The van der Waals surface area contributed by atoms with Crippen molar-refractivity contribution in [2.45, 2.75) is 47.0 Å². The smallest absolute Gasteiger partial charge is 0.338 e. The molecule has 4 aromatic rings. The minimum atomic E-state index is -0.682. The molecule has 0 radical (unpaired) electrons. The van der Waals surface area contributed by atoms with Crippen molar-refractivity contribution < 1.29 is 19.1 Å². The number of hydrogen-bond donors (Lipinski definition) is 2. The van der Waals surface area contributed by atoms with Gasteiger partial charge in [0.25, 0.3) is 17.4 Å². The molecule has 10 heteroatoms. The first-order chi connectivity index (χ1) is 18.7. The number of thiazole rings is 1. The summed E-state index contributed by atoms with van der Waals surface area (Å²) in [5.41, 5.74) is 3.10. The second-order valence-electron chi connectivity index (χ2n) is 9.11. The number of rotatable bonds is 9. The number of amides is 2. The summed E-state index contributed by atoms with van der Waals surface area (Å²) in [6.45, 7) is 7.99. The predicted octanol–water partition coefficient (Wildman–Crippen LogP) is 5.40. The average molecular weight is 547 g/mol. The van der Waals surface area contributed by atoms with Crippen LogP contribution in [0.2, 0.25) is 0 Å². The number of hydrogen-bond acceptors (Lipinski definition) is 7. The number of benzene rings is 2. The molecule has 2 heterocycles. The van der Waals surface area contributed by atoms with Crippen molar-refractivity contribution in [1.29, 1.82) is 0 Å². The Balaban J connectivity index is 1.76. The second kappa shape index (κ2) is 12.0. The van der Waals surface area contributed by atoms with Gasteiger partial charge in [0.1, 0.15) is 10.6 Å². The van der Waals surface area contributed by atoms with Crippen molar-refractivity contribution in [3.8, 4) is 0 Å². The van der Waals surface area contributed by atoms with Crippen molar-refractivity contribution in [2.75, 3.05) is 17.2 Å². The Hall–Kier alpha value is -4.31. The molecule has 39 heavy (non-hydrogen) atoms. The number of fused-ring (bicyclic) bond motifs is 1. The van der Waals surface area contributed by atoms with Gasteiger partial charge in [0.05, 0.1) is 12.2 Å². The van der Waals surface area contributed by atoms with E-state index in [2.05, 4.69) is 15.6 Å². The molecule has 0 bridgehead atoms. The van der Waals surface area contributed by atoms with Crippen LogP contribution < -0.4 is 16.2 Å². The maximum Gasteiger partial charge on any atom is 0.338 e. The summed E-state index contributed by atoms with van der Waals surface area (Å²) in [4.78, 5) is 57.4. The second-order valence-corrected chi connectivity index (χ2v) is 10.1. The Morgan fingerprint density at radius 3 is 2.49 bits per heavy atom. The average Bonchev–Trinajstić information content (AvgIpc) is 3.31. The summed E-state index contributed by atoms with van der Waals surface area (Å²) in [7, 11) is 0. The molecule has 0 atom stereocenters. The number of nitrogens with one attached hydrogen (secondary N) is 2. The maximum atomic E-state index is 13.6. The Labute approximate surface area is 229 Å². The highest BCUT2D eigenvalue weighted by molar-refractivity contribution is 7.19. The number of carbonyl (C=O) groups excluding carboxylic acids is 3. The predicted molar refractivity (Wildman–Crippen MR) is 152 cm³/mol. The normalized spacial score (nSPS) is 10.9. The first-order valence-corrected chi connectivity index (χ1v) is 13.6. The topological polar surface area (TPSA) is 119 Å². The van der Waals surface area contributed by atoms with Crippen molar-refractivity contribution in [3.63, 3.8) is 0 Å². The molecule has 2 aromatic carbocycles. The summed E-state index contributed by atoms with van der Waals surface area (Å²) >= 11 is 0.976. The van der Waals surface area contributed by atoms with Crippen LogP contribution in [0.5, 0.6) is 0 Å². The van der Waals surface area contributed by atoms with Crippen LogP contribution in [0, 0.1) is 13.8 Å². The number of nitrogens with zero attached hydrogens (tertiary/aromatic N) is 2. The number of aromatic nitrogens is 2. The van der Waals surface area contributed by atoms with Crippen molar-refractivity contribution in [3.05, 3.63) is 91.8 Å². The Morgan fingerprint density at radius 2 is 1.74 bits per heavy atom. The highest BCUT2D eigenvalue weighted by Crippen LogP contribution is 2.26. The largest absolute Gasteiger partial charge is 0.462 e. The molecule has 2 amide bonds. The van der Waals surface area contributed by atoms with Gasteiger partial charge in [-0.15, -0.1) is 0 Å². The fourth-order valence-electron chi connectivity index (χ4n) is 4.02. The first kappa shape index (κ1) is 27.7. The van der Waals surface area contributed by atoms with E-state index < -0.39 is 23.3 Å². The Bertz CT molecular complexity index is 1620. The van der Waals surface area contributed by atoms with Crippen LogP contribution in [-0.4, -0.2) is 33.8 Å². The summed E-state index contributed by atoms with van der Waals surface area (Å²) < 4.78 is 6.35. The van der Waals surface area contributed by atoms with Crippen molar-refractivity contribution >= 4 is 45.5 Å². The van der Waals surface area contributed by atoms with Crippen LogP contribution in [-0.2, 0) is 11.2 Å². The molecule has 0 spiro atoms. The molecule has 0 saturated heterocycles. The van der Waals surface area contributed by atoms with E-state index in [1.807, 2.05) is 39.8 Å². The minimum Gasteiger partial charge on any atom is -0.462 e. The van der Waals surface area contributed by atoms with Gasteiger partial charge in [-0.3, -0.25) is 14.4 Å². The number of aryl methyl sites for hydroxylation is 2. The summed E-state index contributed by atoms with van der Waals surface area (Å²) in [6, 6.07) is 13.2. The van der Waals surface area contributed by atoms with Gasteiger partial charge in [-0.2, -0.15) is 0 Å². The van der Waals surface area contributed by atoms with E-state index in [0.29, 0.717) is 29.9 Å². The fraction of sp³-hybridized carbons (Fsp3) is 0.276. The molecule has 2 aromatic heterocycles. The lowest BCUT2D eigenvalue weighted by Gasteiger charge is -2.11. The third-order valence-corrected chi connectivity index (χ3v) is 7.19. The molecule has 202 valence electrons. The van der Waals surface area contributed by atoms with E-state index in [1.54, 1.807) is 24.3 Å². The lowest BCUT2D eigenvalue weighted by atomic mass is 10.1. The van der Waals surface area contributed by atoms with Crippen LogP contribution >= 0.6 is 11.3 Å². The van der Waals surface area contributed by atoms with Crippen LogP contribution in [0.4, 0.5) is 11.4 Å². The summed E-state index contributed by atoms with van der Waals surface area (Å²) in [6.07, 6.45) is 2.07. The molecule has 0 aliphatic carbocycles. The molecule has 9 nitrogen and oxygen atoms in total. The quantitative estimate of drug-likeness (QED) is 0.272. The molecule has 0 aliphatic rings. The number of anilines is 2. The van der Waals surface area contributed by atoms with E-state index in [4.69, 9.17) is 4.74 Å². The van der Waals surface area contributed by atoms with Gasteiger partial charge in [-0.1, -0.05) is 49.8 Å². The van der Waals surface area contributed by atoms with Crippen molar-refractivity contribution in [2.24, 2.45) is 0 Å². The molecule has 4 rings (SSSR count). The van der Waals surface area contributed by atoms with E-state index in [1.165, 1.54) is 12.1 Å². The zero-order valence-electron chi connectivity index (χ0n) is 22.3. The number of ether oxygens (including phenoxy) is 1. The summed E-state index contributed by atoms with van der Waals surface area (Å²) in [5.74, 6) is -1.72. The lowest BCUT2D eigenvalue weighted by molar-refractivity contribution is 0.0505. The van der Waals surface area contributed by atoms with Gasteiger partial charge in [-0.25, -0.2) is 14.2 Å².